The summed E-state index contributed by atoms with van der Waals surface area (Å²) >= 11 is 0. The van der Waals surface area contributed by atoms with Crippen LogP contribution in [0.5, 0.6) is 0 Å². The minimum absolute atomic E-state index is 0.134. The molecule has 0 amide bonds. The summed E-state index contributed by atoms with van der Waals surface area (Å²) in [7, 11) is 0. The standard InChI is InChI=1S/C23H29NO/c1-19(14-15-25)8-6-9-20(2)18-24-23-13-7-12-22(17-23)16-21-10-4-3-5-11-21/h3-5,7,9-14,17,24-25H,6,8,15-16,18H2,1-2H3/b19-14+,20-9+. The van der Waals surface area contributed by atoms with Crippen molar-refractivity contribution in [3.05, 3.63) is 89.0 Å². The third kappa shape index (κ3) is 7.40. The van der Waals surface area contributed by atoms with E-state index in [-0.39, 0.29) is 6.61 Å². The van der Waals surface area contributed by atoms with E-state index < -0.39 is 0 Å². The van der Waals surface area contributed by atoms with Crippen molar-refractivity contribution < 1.29 is 5.11 Å². The Morgan fingerprint density at radius 3 is 2.44 bits per heavy atom. The van der Waals surface area contributed by atoms with Crippen molar-refractivity contribution in [3.8, 4) is 0 Å². The van der Waals surface area contributed by atoms with E-state index >= 15 is 0 Å². The van der Waals surface area contributed by atoms with Crippen LogP contribution >= 0.6 is 0 Å². The largest absolute Gasteiger partial charge is 0.392 e. The molecular formula is C23H29NO. The molecule has 0 atom stereocenters. The molecule has 0 radical (unpaired) electrons. The summed E-state index contributed by atoms with van der Waals surface area (Å²) < 4.78 is 0. The van der Waals surface area contributed by atoms with Crippen molar-refractivity contribution in [2.24, 2.45) is 0 Å². The average molecular weight is 335 g/mol. The summed E-state index contributed by atoms with van der Waals surface area (Å²) in [5, 5.41) is 12.4. The first-order valence-corrected chi connectivity index (χ1v) is 8.96. The fraction of sp³-hybridized carbons (Fsp3) is 0.304. The van der Waals surface area contributed by atoms with Crippen molar-refractivity contribution in [1.29, 1.82) is 0 Å². The summed E-state index contributed by atoms with van der Waals surface area (Å²) in [6, 6.07) is 19.2. The number of allylic oxidation sites excluding steroid dienone is 2. The highest BCUT2D eigenvalue weighted by Gasteiger charge is 1.99. The SMILES string of the molecule is C/C(=C\CO)CC/C=C(\C)CNc1cccc(Cc2ccccc2)c1. The predicted octanol–water partition coefficient (Wildman–Crippen LogP) is 5.35. The van der Waals surface area contributed by atoms with Gasteiger partial charge in [0.15, 0.2) is 0 Å². The number of aliphatic hydroxyl groups is 1. The Kier molecular flexibility index (Phi) is 8.00. The summed E-state index contributed by atoms with van der Waals surface area (Å²) in [6.07, 6.45) is 7.13. The van der Waals surface area contributed by atoms with Gasteiger partial charge in [-0.05, 0) is 56.4 Å². The van der Waals surface area contributed by atoms with Crippen molar-refractivity contribution in [2.75, 3.05) is 18.5 Å². The van der Waals surface area contributed by atoms with Crippen LogP contribution in [0, 0.1) is 0 Å². The number of anilines is 1. The zero-order valence-corrected chi connectivity index (χ0v) is 15.3. The number of nitrogens with one attached hydrogen (secondary N) is 1. The Morgan fingerprint density at radius 1 is 0.920 bits per heavy atom. The first kappa shape index (κ1) is 19.0. The molecule has 132 valence electrons. The Balaban J connectivity index is 1.84. The molecule has 0 fully saturated rings. The van der Waals surface area contributed by atoms with Gasteiger partial charge in [0.05, 0.1) is 6.61 Å². The lowest BCUT2D eigenvalue weighted by Crippen LogP contribution is -2.03. The van der Waals surface area contributed by atoms with Crippen LogP contribution in [0.4, 0.5) is 5.69 Å². The van der Waals surface area contributed by atoms with E-state index in [4.69, 9.17) is 5.11 Å². The van der Waals surface area contributed by atoms with Gasteiger partial charge in [0.2, 0.25) is 0 Å². The molecule has 0 aliphatic rings. The number of aliphatic hydroxyl groups excluding tert-OH is 1. The van der Waals surface area contributed by atoms with Crippen LogP contribution in [0.25, 0.3) is 0 Å². The average Bonchev–Trinajstić information content (AvgIpc) is 2.61. The van der Waals surface area contributed by atoms with Gasteiger partial charge < -0.3 is 10.4 Å². The number of rotatable bonds is 9. The molecule has 0 unspecified atom stereocenters. The molecule has 2 heteroatoms. The second-order valence-corrected chi connectivity index (χ2v) is 6.54. The normalized spacial score (nSPS) is 12.3. The molecule has 0 aliphatic carbocycles. The van der Waals surface area contributed by atoms with Gasteiger partial charge in [-0.15, -0.1) is 0 Å². The molecule has 0 saturated heterocycles. The van der Waals surface area contributed by atoms with Gasteiger partial charge in [-0.1, -0.05) is 65.8 Å². The van der Waals surface area contributed by atoms with E-state index in [1.165, 1.54) is 22.3 Å². The summed E-state index contributed by atoms with van der Waals surface area (Å²) in [5.41, 5.74) is 6.40. The van der Waals surface area contributed by atoms with Crippen molar-refractivity contribution in [2.45, 2.75) is 33.1 Å². The molecule has 2 aromatic rings. The molecule has 0 spiro atoms. The van der Waals surface area contributed by atoms with Crippen molar-refractivity contribution in [1.82, 2.24) is 0 Å². The molecule has 0 aliphatic heterocycles. The van der Waals surface area contributed by atoms with E-state index in [9.17, 15) is 0 Å². The summed E-state index contributed by atoms with van der Waals surface area (Å²) in [4.78, 5) is 0. The fourth-order valence-electron chi connectivity index (χ4n) is 2.74. The maximum atomic E-state index is 8.87. The minimum Gasteiger partial charge on any atom is -0.392 e. The number of hydrogen-bond donors (Lipinski definition) is 2. The lowest BCUT2D eigenvalue weighted by Gasteiger charge is -2.09. The smallest absolute Gasteiger partial charge is 0.0614 e. The maximum Gasteiger partial charge on any atom is 0.0614 e. The van der Waals surface area contributed by atoms with E-state index in [1.807, 2.05) is 6.08 Å². The highest BCUT2D eigenvalue weighted by atomic mass is 16.2. The Bertz CT molecular complexity index is 701. The van der Waals surface area contributed by atoms with Crippen molar-refractivity contribution in [3.63, 3.8) is 0 Å². The third-order valence-electron chi connectivity index (χ3n) is 4.22. The van der Waals surface area contributed by atoms with Gasteiger partial charge in [0, 0.05) is 12.2 Å². The zero-order chi connectivity index (χ0) is 17.9. The summed E-state index contributed by atoms with van der Waals surface area (Å²) in [6.45, 7) is 5.22. The van der Waals surface area contributed by atoms with E-state index in [0.29, 0.717) is 0 Å². The molecular weight excluding hydrogens is 306 g/mol. The fourth-order valence-corrected chi connectivity index (χ4v) is 2.74. The van der Waals surface area contributed by atoms with Gasteiger partial charge in [-0.25, -0.2) is 0 Å². The molecule has 0 heterocycles. The van der Waals surface area contributed by atoms with E-state index in [1.54, 1.807) is 0 Å². The molecule has 2 aromatic carbocycles. The van der Waals surface area contributed by atoms with Crippen LogP contribution in [0.3, 0.4) is 0 Å². The molecule has 25 heavy (non-hydrogen) atoms. The predicted molar refractivity (Wildman–Crippen MR) is 108 cm³/mol. The Labute approximate surface area is 151 Å². The highest BCUT2D eigenvalue weighted by Crippen LogP contribution is 2.15. The molecule has 2 rings (SSSR count). The van der Waals surface area contributed by atoms with Gasteiger partial charge in [0.25, 0.3) is 0 Å². The van der Waals surface area contributed by atoms with E-state index in [0.717, 1.165) is 31.5 Å². The lowest BCUT2D eigenvalue weighted by atomic mass is 10.0. The van der Waals surface area contributed by atoms with Crippen LogP contribution in [-0.4, -0.2) is 18.3 Å². The molecule has 2 nitrogen and oxygen atoms in total. The zero-order valence-electron chi connectivity index (χ0n) is 15.3. The van der Waals surface area contributed by atoms with Gasteiger partial charge in [0.1, 0.15) is 0 Å². The Hall–Kier alpha value is -2.32. The van der Waals surface area contributed by atoms with Gasteiger partial charge >= 0.3 is 0 Å². The molecule has 2 N–H and O–H groups in total. The second-order valence-electron chi connectivity index (χ2n) is 6.54. The monoisotopic (exact) mass is 335 g/mol. The first-order chi connectivity index (χ1) is 12.2. The van der Waals surface area contributed by atoms with Crippen LogP contribution in [0.2, 0.25) is 0 Å². The first-order valence-electron chi connectivity index (χ1n) is 8.96. The quantitative estimate of drug-likeness (QED) is 0.605. The molecule has 0 bridgehead atoms. The summed E-state index contributed by atoms with van der Waals surface area (Å²) in [5.74, 6) is 0. The van der Waals surface area contributed by atoms with Crippen LogP contribution in [-0.2, 0) is 6.42 Å². The molecule has 0 saturated carbocycles. The maximum absolute atomic E-state index is 8.87. The van der Waals surface area contributed by atoms with Crippen molar-refractivity contribution >= 4 is 5.69 Å². The van der Waals surface area contributed by atoms with Gasteiger partial charge in [-0.3, -0.25) is 0 Å². The molecule has 0 aromatic heterocycles. The second kappa shape index (κ2) is 10.5. The lowest BCUT2D eigenvalue weighted by molar-refractivity contribution is 0.341. The number of hydrogen-bond acceptors (Lipinski definition) is 2. The third-order valence-corrected chi connectivity index (χ3v) is 4.22. The minimum atomic E-state index is 0.134. The topological polar surface area (TPSA) is 32.3 Å². The van der Waals surface area contributed by atoms with Crippen LogP contribution < -0.4 is 5.32 Å². The van der Waals surface area contributed by atoms with Crippen LogP contribution in [0.15, 0.2) is 77.9 Å². The van der Waals surface area contributed by atoms with E-state index in [2.05, 4.69) is 79.8 Å². The van der Waals surface area contributed by atoms with Gasteiger partial charge in [-0.2, -0.15) is 0 Å². The number of benzene rings is 2. The van der Waals surface area contributed by atoms with Crippen LogP contribution in [0.1, 0.15) is 37.8 Å². The Morgan fingerprint density at radius 2 is 1.68 bits per heavy atom. The highest BCUT2D eigenvalue weighted by molar-refractivity contribution is 5.47.